The molecule has 1 aliphatic heterocycles. The van der Waals surface area contributed by atoms with Gasteiger partial charge >= 0.3 is 0 Å². The van der Waals surface area contributed by atoms with E-state index in [0.717, 1.165) is 48.6 Å². The first kappa shape index (κ1) is 43.0. The Hall–Kier alpha value is -7.30. The zero-order valence-corrected chi connectivity index (χ0v) is 41.0. The second-order valence-corrected chi connectivity index (χ2v) is 21.2. The molecule has 0 atom stereocenters. The summed E-state index contributed by atoms with van der Waals surface area (Å²) in [4.78, 5) is 2.42. The summed E-state index contributed by atoms with van der Waals surface area (Å²) in [6.45, 7) is 14.3. The average Bonchev–Trinajstić information content (AvgIpc) is 3.72. The zero-order chi connectivity index (χ0) is 47.0. The van der Waals surface area contributed by atoms with E-state index in [1.54, 1.807) is 0 Å². The van der Waals surface area contributed by atoms with Crippen LogP contribution in [0.15, 0.2) is 182 Å². The maximum atomic E-state index is 4.20. The van der Waals surface area contributed by atoms with E-state index in [1.165, 1.54) is 113 Å². The smallest absolute Gasteiger partial charge is 0.198 e. The minimum atomic E-state index is 0.0692. The van der Waals surface area contributed by atoms with Gasteiger partial charge in [0.25, 0.3) is 0 Å². The first-order chi connectivity index (χ1) is 33.6. The lowest BCUT2D eigenvalue weighted by Gasteiger charge is -2.42. The lowest BCUT2D eigenvalue weighted by molar-refractivity contribution is 0.332. The molecule has 0 saturated heterocycles. The maximum absolute atomic E-state index is 4.20. The van der Waals surface area contributed by atoms with Crippen LogP contribution in [-0.2, 0) is 17.3 Å². The van der Waals surface area contributed by atoms with Crippen molar-refractivity contribution < 1.29 is 0 Å². The summed E-state index contributed by atoms with van der Waals surface area (Å²) in [7, 11) is 0.828. The van der Waals surface area contributed by atoms with Gasteiger partial charge in [-0.2, -0.15) is 0 Å². The molecule has 2 heterocycles. The number of fused-ring (bicyclic) bond motifs is 8. The van der Waals surface area contributed by atoms with Crippen LogP contribution in [0.3, 0.4) is 0 Å². The minimum Gasteiger partial charge on any atom is -0.355 e. The number of benzene rings is 9. The highest BCUT2D eigenvalue weighted by Crippen LogP contribution is 2.49. The van der Waals surface area contributed by atoms with E-state index in [2.05, 4.69) is 238 Å². The van der Waals surface area contributed by atoms with Gasteiger partial charge in [0.05, 0.1) is 5.52 Å². The van der Waals surface area contributed by atoms with Crippen LogP contribution in [0, 0.1) is 6.92 Å². The molecule has 9 aromatic carbocycles. The number of aryl methyl sites for hydroxylation is 2. The number of nitrogens with one attached hydrogen (secondary N) is 1. The number of nitrogens with zero attached hydrogens (tertiary/aromatic N) is 2. The van der Waals surface area contributed by atoms with Gasteiger partial charge in [-0.3, -0.25) is 0 Å². The molecule has 69 heavy (non-hydrogen) atoms. The van der Waals surface area contributed by atoms with Gasteiger partial charge in [0.2, 0.25) is 0 Å². The number of para-hydroxylation sites is 2. The van der Waals surface area contributed by atoms with Crippen molar-refractivity contribution in [2.75, 3.05) is 10.2 Å². The molecule has 4 heteroatoms. The molecule has 1 aromatic heterocycles. The maximum Gasteiger partial charge on any atom is 0.198 e. The summed E-state index contributed by atoms with van der Waals surface area (Å²) in [6.07, 6.45) is 5.82. The number of aromatic nitrogens is 1. The van der Waals surface area contributed by atoms with Crippen LogP contribution in [0.1, 0.15) is 82.6 Å². The van der Waals surface area contributed by atoms with Crippen LogP contribution < -0.4 is 21.1 Å². The van der Waals surface area contributed by atoms with Crippen molar-refractivity contribution in [3.8, 4) is 27.9 Å². The molecule has 12 rings (SSSR count). The molecular formula is C65H60BN3. The summed E-state index contributed by atoms with van der Waals surface area (Å²) in [5, 5.41) is 9.41. The van der Waals surface area contributed by atoms with Gasteiger partial charge in [-0.15, -0.1) is 0 Å². The summed E-state index contributed by atoms with van der Waals surface area (Å²) < 4.78 is 2.58. The van der Waals surface area contributed by atoms with Gasteiger partial charge in [-0.05, 0) is 159 Å². The Morgan fingerprint density at radius 3 is 2.03 bits per heavy atom. The molecule has 10 aromatic rings. The molecule has 1 N–H and O–H groups in total. The average molecular weight is 894 g/mol. The van der Waals surface area contributed by atoms with E-state index in [-0.39, 0.29) is 10.8 Å². The fourth-order valence-electron chi connectivity index (χ4n) is 11.8. The number of anilines is 5. The van der Waals surface area contributed by atoms with Crippen molar-refractivity contribution in [3.05, 3.63) is 204 Å². The summed E-state index contributed by atoms with van der Waals surface area (Å²) in [5.74, 6) is 0. The van der Waals surface area contributed by atoms with Crippen LogP contribution in [0.2, 0.25) is 0 Å². The number of unbranched alkanes of at least 4 members (excludes halogenated alkanes) is 1. The molecule has 0 unspecified atom stereocenters. The second kappa shape index (κ2) is 16.7. The molecule has 2 aliphatic rings. The van der Waals surface area contributed by atoms with E-state index in [1.807, 2.05) is 0 Å². The third kappa shape index (κ3) is 7.35. The highest BCUT2D eigenvalue weighted by molar-refractivity contribution is 6.73. The largest absolute Gasteiger partial charge is 0.355 e. The van der Waals surface area contributed by atoms with E-state index < -0.39 is 0 Å². The second-order valence-electron chi connectivity index (χ2n) is 21.2. The fraction of sp³-hybridized carbons (Fsp3) is 0.200. The quantitative estimate of drug-likeness (QED) is 0.138. The highest BCUT2D eigenvalue weighted by atomic mass is 15.1. The van der Waals surface area contributed by atoms with Gasteiger partial charge < -0.3 is 14.8 Å². The van der Waals surface area contributed by atoms with Crippen molar-refractivity contribution in [3.63, 3.8) is 0 Å². The Labute approximate surface area is 408 Å². The van der Waals surface area contributed by atoms with Crippen LogP contribution in [0.4, 0.5) is 28.4 Å². The summed E-state index contributed by atoms with van der Waals surface area (Å²) in [5.41, 5.74) is 22.7. The Kier molecular flexibility index (Phi) is 10.4. The van der Waals surface area contributed by atoms with Gasteiger partial charge in [-0.25, -0.2) is 0 Å². The zero-order valence-electron chi connectivity index (χ0n) is 41.0. The van der Waals surface area contributed by atoms with Crippen molar-refractivity contribution in [2.45, 2.75) is 84.5 Å². The van der Waals surface area contributed by atoms with Gasteiger partial charge in [0.15, 0.2) is 7.28 Å². The van der Waals surface area contributed by atoms with Crippen LogP contribution >= 0.6 is 0 Å². The van der Waals surface area contributed by atoms with Crippen molar-refractivity contribution in [2.24, 2.45) is 0 Å². The van der Waals surface area contributed by atoms with E-state index in [4.69, 9.17) is 0 Å². The third-order valence-corrected chi connectivity index (χ3v) is 15.7. The first-order valence-corrected chi connectivity index (χ1v) is 25.2. The van der Waals surface area contributed by atoms with Crippen LogP contribution in [0.25, 0.3) is 60.5 Å². The SMILES string of the molecule is CCCCc1ccc(N(c2ccccc2)c2ccc(-c3cc(-c4ccccc4)cc4c3Bc3cccc5c6c7ccccc7ccc6n-4c35)c(Nc3cc4c(cc3C)C(C)(C)CCC4(C)C)c2)cc1. The molecule has 0 fully saturated rings. The molecule has 0 saturated carbocycles. The van der Waals surface area contributed by atoms with E-state index in [9.17, 15) is 0 Å². The summed E-state index contributed by atoms with van der Waals surface area (Å²) in [6, 6.07) is 68.6. The Bertz CT molecular complexity index is 3600. The molecule has 3 nitrogen and oxygen atoms in total. The van der Waals surface area contributed by atoms with Crippen LogP contribution in [-0.4, -0.2) is 11.8 Å². The van der Waals surface area contributed by atoms with Crippen molar-refractivity contribution >= 4 is 79.2 Å². The lowest BCUT2D eigenvalue weighted by atomic mass is 9.58. The monoisotopic (exact) mass is 893 g/mol. The highest BCUT2D eigenvalue weighted by Gasteiger charge is 2.38. The predicted molar refractivity (Wildman–Crippen MR) is 299 cm³/mol. The predicted octanol–water partition coefficient (Wildman–Crippen LogP) is 16.2. The molecule has 1 aliphatic carbocycles. The van der Waals surface area contributed by atoms with E-state index >= 15 is 0 Å². The molecular weight excluding hydrogens is 834 g/mol. The topological polar surface area (TPSA) is 20.2 Å². The van der Waals surface area contributed by atoms with Gasteiger partial charge in [0.1, 0.15) is 0 Å². The Balaban J connectivity index is 1.12. The van der Waals surface area contributed by atoms with Crippen LogP contribution in [0.5, 0.6) is 0 Å². The molecule has 0 bridgehead atoms. The molecule has 0 radical (unpaired) electrons. The first-order valence-electron chi connectivity index (χ1n) is 25.2. The molecule has 0 spiro atoms. The minimum absolute atomic E-state index is 0.0692. The fourth-order valence-corrected chi connectivity index (χ4v) is 11.8. The van der Waals surface area contributed by atoms with Crippen molar-refractivity contribution in [1.82, 2.24) is 4.57 Å². The number of hydrogen-bond donors (Lipinski definition) is 1. The summed E-state index contributed by atoms with van der Waals surface area (Å²) >= 11 is 0. The Morgan fingerprint density at radius 2 is 1.26 bits per heavy atom. The van der Waals surface area contributed by atoms with Gasteiger partial charge in [0, 0.05) is 56.0 Å². The molecule has 338 valence electrons. The number of hydrogen-bond acceptors (Lipinski definition) is 2. The lowest BCUT2D eigenvalue weighted by Crippen LogP contribution is -2.37. The van der Waals surface area contributed by atoms with Crippen molar-refractivity contribution in [1.29, 1.82) is 0 Å². The third-order valence-electron chi connectivity index (χ3n) is 15.7. The Morgan fingerprint density at radius 1 is 0.580 bits per heavy atom. The molecule has 0 amide bonds. The normalized spacial score (nSPS) is 14.3. The van der Waals surface area contributed by atoms with Gasteiger partial charge in [-0.1, -0.05) is 168 Å². The standard InChI is InChI=1S/C65H60BN3/c1-7-8-18-43-27-30-48(31-28-43)68(47-22-13-10-14-23-47)49-32-33-51(58(40-49)67-57-41-55-54(37-42(57)2)64(3,4)35-36-65(55,5)6)53-38-46(44-19-11-9-12-20-44)39-60-62(53)66-56-26-17-25-52-61-50-24-16-15-21-45(50)29-34-59(61)69(60)63(52)56/h9-17,19-34,37-41,66-67H,7-8,18,35-36H2,1-6H3. The number of rotatable bonds is 10. The van der Waals surface area contributed by atoms with E-state index in [0.29, 0.717) is 0 Å².